The van der Waals surface area contributed by atoms with Gasteiger partial charge in [0.2, 0.25) is 5.88 Å². The van der Waals surface area contributed by atoms with Gasteiger partial charge in [0.25, 0.3) is 5.91 Å². The highest BCUT2D eigenvalue weighted by molar-refractivity contribution is 9.10. The van der Waals surface area contributed by atoms with Crippen LogP contribution < -0.4 is 10.1 Å². The Labute approximate surface area is 190 Å². The number of carbonyl (C=O) groups is 1. The maximum Gasteiger partial charge on any atom is 0.253 e. The molecule has 9 heteroatoms. The van der Waals surface area contributed by atoms with E-state index in [0.717, 1.165) is 16.5 Å². The fraction of sp³-hybridized carbons (Fsp3) is 0.364. The highest BCUT2D eigenvalue weighted by atomic mass is 79.9. The van der Waals surface area contributed by atoms with Crippen molar-refractivity contribution in [2.24, 2.45) is 0 Å². The Kier molecular flexibility index (Phi) is 8.13. The summed E-state index contributed by atoms with van der Waals surface area (Å²) >= 11 is 3.35. The van der Waals surface area contributed by atoms with Gasteiger partial charge in [0.15, 0.2) is 0 Å². The van der Waals surface area contributed by atoms with Crippen molar-refractivity contribution in [2.45, 2.75) is 39.3 Å². The molecular weight excluding hydrogens is 462 g/mol. The molecule has 3 rings (SSSR count). The van der Waals surface area contributed by atoms with Gasteiger partial charge in [-0.2, -0.15) is 15.0 Å². The van der Waals surface area contributed by atoms with Gasteiger partial charge in [-0.1, -0.05) is 18.6 Å². The Morgan fingerprint density at radius 1 is 1.19 bits per heavy atom. The molecule has 1 amide bonds. The summed E-state index contributed by atoms with van der Waals surface area (Å²) in [5.74, 6) is 0.348. The molecule has 0 aliphatic rings. The topological polar surface area (TPSA) is 91.2 Å². The quantitative estimate of drug-likeness (QED) is 0.468. The van der Waals surface area contributed by atoms with Crippen LogP contribution >= 0.6 is 15.9 Å². The van der Waals surface area contributed by atoms with Crippen LogP contribution in [-0.4, -0.2) is 51.2 Å². The number of hydrogen-bond donors (Lipinski definition) is 1. The summed E-state index contributed by atoms with van der Waals surface area (Å²) in [6.45, 7) is 6.63. The molecular formula is C22H26BrN5O3. The van der Waals surface area contributed by atoms with Crippen LogP contribution in [0, 0.1) is 6.92 Å². The molecule has 164 valence electrons. The molecule has 8 nitrogen and oxygen atoms in total. The number of nitrogens with zero attached hydrogens (tertiary/aromatic N) is 4. The molecule has 0 spiro atoms. The average Bonchev–Trinajstić information content (AvgIpc) is 3.29. The van der Waals surface area contributed by atoms with Crippen molar-refractivity contribution >= 4 is 21.8 Å². The lowest BCUT2D eigenvalue weighted by Gasteiger charge is -2.21. The highest BCUT2D eigenvalue weighted by Crippen LogP contribution is 2.16. The number of aryl methyl sites for hydroxylation is 1. The second-order valence-electron chi connectivity index (χ2n) is 7.20. The number of rotatable bonds is 10. The van der Waals surface area contributed by atoms with Gasteiger partial charge < -0.3 is 14.8 Å². The molecule has 0 bridgehead atoms. The predicted octanol–water partition coefficient (Wildman–Crippen LogP) is 3.73. The highest BCUT2D eigenvalue weighted by Gasteiger charge is 2.18. The second-order valence-corrected chi connectivity index (χ2v) is 8.12. The monoisotopic (exact) mass is 487 g/mol. The zero-order valence-electron chi connectivity index (χ0n) is 17.8. The Balaban J connectivity index is 1.54. The lowest BCUT2D eigenvalue weighted by atomic mass is 10.1. The van der Waals surface area contributed by atoms with Gasteiger partial charge in [-0.15, -0.1) is 0 Å². The normalized spacial score (nSPS) is 12.9. The third kappa shape index (κ3) is 6.60. The van der Waals surface area contributed by atoms with E-state index < -0.39 is 0 Å². The Morgan fingerprint density at radius 2 is 1.97 bits per heavy atom. The summed E-state index contributed by atoms with van der Waals surface area (Å²) in [6.07, 6.45) is 5.52. The van der Waals surface area contributed by atoms with Crippen molar-refractivity contribution in [3.05, 3.63) is 64.5 Å². The molecule has 0 fully saturated rings. The minimum atomic E-state index is -0.199. The first-order chi connectivity index (χ1) is 15.0. The molecule has 3 aromatic rings. The summed E-state index contributed by atoms with van der Waals surface area (Å²) in [7, 11) is 0. The largest absolute Gasteiger partial charge is 0.475 e. The van der Waals surface area contributed by atoms with Crippen LogP contribution in [0.4, 0.5) is 0 Å². The maximum absolute atomic E-state index is 12.9. The third-order valence-electron chi connectivity index (χ3n) is 4.56. The van der Waals surface area contributed by atoms with Gasteiger partial charge in [-0.05, 0) is 54.4 Å². The minimum absolute atomic E-state index is 0.104. The summed E-state index contributed by atoms with van der Waals surface area (Å²) < 4.78 is 12.6. The molecule has 31 heavy (non-hydrogen) atoms. The van der Waals surface area contributed by atoms with E-state index in [0.29, 0.717) is 30.3 Å². The van der Waals surface area contributed by atoms with Crippen LogP contribution in [0.15, 0.2) is 53.4 Å². The van der Waals surface area contributed by atoms with Crippen molar-refractivity contribution < 1.29 is 14.3 Å². The smallest absolute Gasteiger partial charge is 0.253 e. The fourth-order valence-electron chi connectivity index (χ4n) is 2.88. The zero-order chi connectivity index (χ0) is 22.2. The van der Waals surface area contributed by atoms with Gasteiger partial charge in [0, 0.05) is 22.8 Å². The Hall–Kier alpha value is -2.78. The van der Waals surface area contributed by atoms with E-state index in [1.165, 1.54) is 4.80 Å². The minimum Gasteiger partial charge on any atom is -0.475 e. The standard InChI is InChI=1S/C22H26BrN5O3/c1-4-18(14-31-21-8-6-17(23)12-24-21)30-13-16(3)27-22(29)19-11-15(2)5-7-20(19)28-25-9-10-26-28/h5-12,16,18H,4,13-14H2,1-3H3,(H,27,29)/t16-,18-/m1/s1. The molecule has 0 saturated heterocycles. The van der Waals surface area contributed by atoms with E-state index in [-0.39, 0.29) is 18.1 Å². The number of aromatic nitrogens is 4. The number of nitrogens with one attached hydrogen (secondary N) is 1. The van der Waals surface area contributed by atoms with Crippen molar-refractivity contribution in [1.29, 1.82) is 0 Å². The van der Waals surface area contributed by atoms with Gasteiger partial charge in [0.1, 0.15) is 6.61 Å². The lowest BCUT2D eigenvalue weighted by Crippen LogP contribution is -2.38. The van der Waals surface area contributed by atoms with Crippen LogP contribution in [0.1, 0.15) is 36.2 Å². The van der Waals surface area contributed by atoms with E-state index >= 15 is 0 Å². The van der Waals surface area contributed by atoms with Crippen LogP contribution in [-0.2, 0) is 4.74 Å². The third-order valence-corrected chi connectivity index (χ3v) is 5.03. The molecule has 0 aliphatic heterocycles. The predicted molar refractivity (Wildman–Crippen MR) is 120 cm³/mol. The van der Waals surface area contributed by atoms with Crippen molar-refractivity contribution in [2.75, 3.05) is 13.2 Å². The van der Waals surface area contributed by atoms with E-state index in [4.69, 9.17) is 9.47 Å². The molecule has 0 aliphatic carbocycles. The number of amides is 1. The number of carbonyl (C=O) groups excluding carboxylic acids is 1. The van der Waals surface area contributed by atoms with Crippen LogP contribution in [0.2, 0.25) is 0 Å². The second kappa shape index (κ2) is 11.0. The average molecular weight is 488 g/mol. The van der Waals surface area contributed by atoms with Crippen molar-refractivity contribution in [3.63, 3.8) is 0 Å². The number of hydrogen-bond acceptors (Lipinski definition) is 6. The first-order valence-corrected chi connectivity index (χ1v) is 10.9. The number of halogens is 1. The molecule has 2 atom stereocenters. The Bertz CT molecular complexity index is 979. The van der Waals surface area contributed by atoms with E-state index in [1.54, 1.807) is 24.7 Å². The lowest BCUT2D eigenvalue weighted by molar-refractivity contribution is 0.00832. The SMILES string of the molecule is CC[C@H](COc1ccc(Br)cn1)OC[C@@H](C)NC(=O)c1cc(C)ccc1-n1nccn1. The van der Waals surface area contributed by atoms with Crippen LogP contribution in [0.25, 0.3) is 5.69 Å². The van der Waals surface area contributed by atoms with Crippen molar-refractivity contribution in [3.8, 4) is 11.6 Å². The van der Waals surface area contributed by atoms with E-state index in [2.05, 4.69) is 36.4 Å². The molecule has 0 unspecified atom stereocenters. The number of benzene rings is 1. The van der Waals surface area contributed by atoms with Crippen LogP contribution in [0.5, 0.6) is 5.88 Å². The van der Waals surface area contributed by atoms with Gasteiger partial charge in [0.05, 0.1) is 36.4 Å². The molecule has 2 aromatic heterocycles. The first-order valence-electron chi connectivity index (χ1n) is 10.1. The maximum atomic E-state index is 12.9. The molecule has 0 radical (unpaired) electrons. The van der Waals surface area contributed by atoms with Gasteiger partial charge >= 0.3 is 0 Å². The first kappa shape index (κ1) is 22.9. The molecule has 2 heterocycles. The van der Waals surface area contributed by atoms with Crippen LogP contribution in [0.3, 0.4) is 0 Å². The fourth-order valence-corrected chi connectivity index (χ4v) is 3.11. The summed E-state index contributed by atoms with van der Waals surface area (Å²) in [6, 6.07) is 9.08. The summed E-state index contributed by atoms with van der Waals surface area (Å²) in [5.41, 5.74) is 2.12. The molecule has 0 saturated carbocycles. The van der Waals surface area contributed by atoms with Gasteiger partial charge in [-0.3, -0.25) is 4.79 Å². The zero-order valence-corrected chi connectivity index (χ0v) is 19.4. The molecule has 1 aromatic carbocycles. The van der Waals surface area contributed by atoms with Crippen molar-refractivity contribution in [1.82, 2.24) is 25.3 Å². The number of pyridine rings is 1. The summed E-state index contributed by atoms with van der Waals surface area (Å²) in [5, 5.41) is 11.3. The van der Waals surface area contributed by atoms with Gasteiger partial charge in [-0.25, -0.2) is 4.98 Å². The molecule has 1 N–H and O–H groups in total. The van der Waals surface area contributed by atoms with E-state index in [9.17, 15) is 4.79 Å². The number of ether oxygens (including phenoxy) is 2. The Morgan fingerprint density at radius 3 is 2.65 bits per heavy atom. The summed E-state index contributed by atoms with van der Waals surface area (Å²) in [4.78, 5) is 18.5. The van der Waals surface area contributed by atoms with E-state index in [1.807, 2.05) is 45.0 Å².